The van der Waals surface area contributed by atoms with Crippen LogP contribution in [0.1, 0.15) is 38.4 Å². The summed E-state index contributed by atoms with van der Waals surface area (Å²) in [6.45, 7) is 2.65. The lowest BCUT2D eigenvalue weighted by atomic mass is 10.1. The Morgan fingerprint density at radius 2 is 2.19 bits per heavy atom. The summed E-state index contributed by atoms with van der Waals surface area (Å²) in [6, 6.07) is 0. The van der Waals surface area contributed by atoms with Gasteiger partial charge in [-0.3, -0.25) is 4.79 Å². The Balaban J connectivity index is 2.02. The normalized spacial score (nSPS) is 16.7. The molecule has 0 saturated heterocycles. The summed E-state index contributed by atoms with van der Waals surface area (Å²) in [7, 11) is -2.01. The van der Waals surface area contributed by atoms with Crippen molar-refractivity contribution in [2.24, 2.45) is 5.41 Å². The van der Waals surface area contributed by atoms with Crippen molar-refractivity contribution in [1.82, 2.24) is 14.8 Å². The number of ether oxygens (including phenoxy) is 1. The number of hydrogen-bond donors (Lipinski definition) is 0. The Hall–Kier alpha value is -1.44. The lowest BCUT2D eigenvalue weighted by molar-refractivity contribution is -0.141. The molecule has 2 rings (SSSR count). The highest BCUT2D eigenvalue weighted by Gasteiger charge is 2.48. The van der Waals surface area contributed by atoms with E-state index in [9.17, 15) is 13.2 Å². The monoisotopic (exact) mass is 315 g/mol. The minimum atomic E-state index is -3.33. The number of methoxy groups -OCH3 is 1. The number of aryl methyl sites for hydroxylation is 1. The first-order valence-electron chi connectivity index (χ1n) is 7.04. The van der Waals surface area contributed by atoms with Gasteiger partial charge in [0, 0.05) is 6.54 Å². The average molecular weight is 315 g/mol. The van der Waals surface area contributed by atoms with E-state index in [-0.39, 0.29) is 23.9 Å². The lowest BCUT2D eigenvalue weighted by Crippen LogP contribution is -2.23. The highest BCUT2D eigenvalue weighted by atomic mass is 32.2. The minimum Gasteiger partial charge on any atom is -0.469 e. The number of hydrogen-bond acceptors (Lipinski definition) is 6. The van der Waals surface area contributed by atoms with Gasteiger partial charge in [-0.05, 0) is 24.7 Å². The molecule has 1 aromatic heterocycles. The Kier molecular flexibility index (Phi) is 4.65. The Labute approximate surface area is 124 Å². The molecule has 1 aliphatic carbocycles. The smallest absolute Gasteiger partial charge is 0.306 e. The van der Waals surface area contributed by atoms with Crippen molar-refractivity contribution in [3.63, 3.8) is 0 Å². The molecule has 1 aliphatic rings. The van der Waals surface area contributed by atoms with Crippen LogP contribution in [0.25, 0.3) is 0 Å². The van der Waals surface area contributed by atoms with Crippen molar-refractivity contribution >= 4 is 15.8 Å². The summed E-state index contributed by atoms with van der Waals surface area (Å²) in [4.78, 5) is 15.4. The Morgan fingerprint density at radius 3 is 2.76 bits per heavy atom. The molecule has 0 aliphatic heterocycles. The van der Waals surface area contributed by atoms with E-state index in [1.54, 1.807) is 4.68 Å². The molecule has 0 spiro atoms. The van der Waals surface area contributed by atoms with Gasteiger partial charge < -0.3 is 4.74 Å². The van der Waals surface area contributed by atoms with Gasteiger partial charge in [-0.25, -0.2) is 18.1 Å². The van der Waals surface area contributed by atoms with Gasteiger partial charge in [-0.15, -0.1) is 0 Å². The van der Waals surface area contributed by atoms with Gasteiger partial charge in [0.2, 0.25) is 0 Å². The molecule has 0 radical (unpaired) electrons. The van der Waals surface area contributed by atoms with E-state index in [1.807, 2.05) is 6.92 Å². The fraction of sp³-hybridized carbons (Fsp3) is 0.769. The molecule has 1 saturated carbocycles. The summed E-state index contributed by atoms with van der Waals surface area (Å²) < 4.78 is 31.0. The zero-order valence-electron chi connectivity index (χ0n) is 12.4. The lowest BCUT2D eigenvalue weighted by Gasteiger charge is -2.14. The highest BCUT2D eigenvalue weighted by Crippen LogP contribution is 2.50. The van der Waals surface area contributed by atoms with E-state index >= 15 is 0 Å². The summed E-state index contributed by atoms with van der Waals surface area (Å²) in [6.07, 6.45) is 3.92. The molecule has 1 heterocycles. The second-order valence-electron chi connectivity index (χ2n) is 5.68. The molecule has 21 heavy (non-hydrogen) atoms. The van der Waals surface area contributed by atoms with Crippen molar-refractivity contribution in [2.45, 2.75) is 44.9 Å². The van der Waals surface area contributed by atoms with E-state index < -0.39 is 15.3 Å². The number of sulfone groups is 1. The fourth-order valence-electron chi connectivity index (χ4n) is 2.44. The number of esters is 1. The quantitative estimate of drug-likeness (QED) is 0.663. The summed E-state index contributed by atoms with van der Waals surface area (Å²) in [5, 5.41) is 4.03. The van der Waals surface area contributed by atoms with Crippen LogP contribution in [0.3, 0.4) is 0 Å². The Bertz CT molecular complexity index is 605. The van der Waals surface area contributed by atoms with Crippen LogP contribution in [0, 0.1) is 5.41 Å². The summed E-state index contributed by atoms with van der Waals surface area (Å²) in [5.74, 6) is -0.00754. The maximum absolute atomic E-state index is 12.3. The standard InChI is InChI=1S/C13H21N3O4S/c1-3-6-16-11(14-10-15-16)8-21(18,19)9-13(4-5-13)7-12(17)20-2/h10H,3-9H2,1-2H3. The van der Waals surface area contributed by atoms with Crippen LogP contribution in [0.5, 0.6) is 0 Å². The molecule has 7 nitrogen and oxygen atoms in total. The number of carbonyl (C=O) groups excluding carboxylic acids is 1. The van der Waals surface area contributed by atoms with Crippen LogP contribution in [-0.4, -0.2) is 42.0 Å². The van der Waals surface area contributed by atoms with Gasteiger partial charge in [0.1, 0.15) is 17.9 Å². The van der Waals surface area contributed by atoms with E-state index in [0.29, 0.717) is 12.4 Å². The van der Waals surface area contributed by atoms with Gasteiger partial charge in [-0.1, -0.05) is 6.92 Å². The average Bonchev–Trinajstić information content (AvgIpc) is 3.00. The zero-order chi connectivity index (χ0) is 15.5. The third-order valence-electron chi connectivity index (χ3n) is 3.71. The van der Waals surface area contributed by atoms with Crippen molar-refractivity contribution in [3.8, 4) is 0 Å². The molecule has 8 heteroatoms. The first-order chi connectivity index (χ1) is 9.90. The molecule has 0 atom stereocenters. The van der Waals surface area contributed by atoms with Gasteiger partial charge in [-0.2, -0.15) is 5.10 Å². The molecule has 0 unspecified atom stereocenters. The van der Waals surface area contributed by atoms with Crippen LogP contribution < -0.4 is 0 Å². The number of rotatable bonds is 8. The van der Waals surface area contributed by atoms with Crippen LogP contribution in [-0.2, 0) is 31.7 Å². The van der Waals surface area contributed by atoms with E-state index in [1.165, 1.54) is 13.4 Å². The largest absolute Gasteiger partial charge is 0.469 e. The van der Waals surface area contributed by atoms with Gasteiger partial charge in [0.25, 0.3) is 0 Å². The zero-order valence-corrected chi connectivity index (χ0v) is 13.2. The van der Waals surface area contributed by atoms with Crippen LogP contribution in [0.2, 0.25) is 0 Å². The molecular formula is C13H21N3O4S. The maximum atomic E-state index is 12.3. The summed E-state index contributed by atoms with van der Waals surface area (Å²) in [5.41, 5.74) is -0.429. The number of aromatic nitrogens is 3. The maximum Gasteiger partial charge on any atom is 0.306 e. The van der Waals surface area contributed by atoms with Crippen LogP contribution in [0.4, 0.5) is 0 Å². The minimum absolute atomic E-state index is 0.00802. The molecule has 0 amide bonds. The summed E-state index contributed by atoms with van der Waals surface area (Å²) >= 11 is 0. The topological polar surface area (TPSA) is 91.1 Å². The molecule has 1 aromatic rings. The second-order valence-corrected chi connectivity index (χ2v) is 7.75. The second kappa shape index (κ2) is 6.13. The number of nitrogens with zero attached hydrogens (tertiary/aromatic N) is 3. The molecule has 0 bridgehead atoms. The van der Waals surface area contributed by atoms with Crippen LogP contribution in [0.15, 0.2) is 6.33 Å². The molecule has 118 valence electrons. The first-order valence-corrected chi connectivity index (χ1v) is 8.86. The van der Waals surface area contributed by atoms with Crippen molar-refractivity contribution in [2.75, 3.05) is 12.9 Å². The third-order valence-corrected chi connectivity index (χ3v) is 5.46. The predicted molar refractivity (Wildman–Crippen MR) is 76.1 cm³/mol. The highest BCUT2D eigenvalue weighted by molar-refractivity contribution is 7.90. The predicted octanol–water partition coefficient (Wildman–Crippen LogP) is 0.946. The molecule has 1 fully saturated rings. The van der Waals surface area contributed by atoms with Gasteiger partial charge in [0.15, 0.2) is 9.84 Å². The Morgan fingerprint density at radius 1 is 1.48 bits per heavy atom. The van der Waals surface area contributed by atoms with Crippen molar-refractivity contribution in [1.29, 1.82) is 0 Å². The van der Waals surface area contributed by atoms with Gasteiger partial charge >= 0.3 is 5.97 Å². The third kappa shape index (κ3) is 4.26. The molecule has 0 N–H and O–H groups in total. The fourth-order valence-corrected chi connectivity index (χ4v) is 4.48. The van der Waals surface area contributed by atoms with Crippen molar-refractivity contribution in [3.05, 3.63) is 12.2 Å². The van der Waals surface area contributed by atoms with E-state index in [0.717, 1.165) is 19.3 Å². The molecular weight excluding hydrogens is 294 g/mol. The van der Waals surface area contributed by atoms with E-state index in [2.05, 4.69) is 14.8 Å². The van der Waals surface area contributed by atoms with Gasteiger partial charge in [0.05, 0.1) is 19.3 Å². The first kappa shape index (κ1) is 15.9. The van der Waals surface area contributed by atoms with Crippen LogP contribution >= 0.6 is 0 Å². The number of carbonyl (C=O) groups is 1. The SMILES string of the molecule is CCCn1ncnc1CS(=O)(=O)CC1(CC(=O)OC)CC1. The van der Waals surface area contributed by atoms with E-state index in [4.69, 9.17) is 0 Å². The van der Waals surface area contributed by atoms with Crippen molar-refractivity contribution < 1.29 is 17.9 Å². The molecule has 0 aromatic carbocycles.